The first-order chi connectivity index (χ1) is 9.61. The minimum Gasteiger partial charge on any atom is -0.508 e. The van der Waals surface area contributed by atoms with E-state index in [0.717, 1.165) is 23.2 Å². The summed E-state index contributed by atoms with van der Waals surface area (Å²) >= 11 is 0. The van der Waals surface area contributed by atoms with E-state index in [2.05, 4.69) is 17.2 Å². The first-order valence-electron chi connectivity index (χ1n) is 6.62. The number of phenols is 1. The van der Waals surface area contributed by atoms with Gasteiger partial charge in [0, 0.05) is 11.8 Å². The van der Waals surface area contributed by atoms with Gasteiger partial charge in [0.2, 0.25) is 0 Å². The Morgan fingerprint density at radius 1 is 1.35 bits per heavy atom. The Morgan fingerprint density at radius 3 is 2.85 bits per heavy atom. The average Bonchev–Trinajstić information content (AvgIpc) is 2.45. The fourth-order valence-corrected chi connectivity index (χ4v) is 2.11. The van der Waals surface area contributed by atoms with Crippen LogP contribution in [0.2, 0.25) is 0 Å². The lowest BCUT2D eigenvalue weighted by atomic mass is 10.1. The summed E-state index contributed by atoms with van der Waals surface area (Å²) in [6.45, 7) is 4.27. The fourth-order valence-electron chi connectivity index (χ4n) is 2.11. The second kappa shape index (κ2) is 6.19. The van der Waals surface area contributed by atoms with E-state index >= 15 is 0 Å². The number of hydrogen-bond donors (Lipinski definition) is 2. The van der Waals surface area contributed by atoms with Gasteiger partial charge in [-0.3, -0.25) is 9.78 Å². The first-order valence-corrected chi connectivity index (χ1v) is 6.62. The van der Waals surface area contributed by atoms with Crippen LogP contribution in [-0.2, 0) is 13.0 Å². The lowest BCUT2D eigenvalue weighted by Crippen LogP contribution is -2.24. The molecular formula is C16H18N2O2. The largest absolute Gasteiger partial charge is 0.508 e. The van der Waals surface area contributed by atoms with Crippen LogP contribution < -0.4 is 5.32 Å². The summed E-state index contributed by atoms with van der Waals surface area (Å²) in [5.74, 6) is 0.00671. The number of nitrogens with one attached hydrogen (secondary N) is 1. The number of nitrogens with zero attached hydrogens (tertiary/aromatic N) is 1. The Morgan fingerprint density at radius 2 is 2.15 bits per heavy atom. The van der Waals surface area contributed by atoms with Gasteiger partial charge in [-0.15, -0.1) is 0 Å². The maximum Gasteiger partial charge on any atom is 0.251 e. The van der Waals surface area contributed by atoms with Crippen molar-refractivity contribution in [3.8, 4) is 5.75 Å². The van der Waals surface area contributed by atoms with Crippen LogP contribution in [0.1, 0.15) is 34.1 Å². The monoisotopic (exact) mass is 270 g/mol. The molecule has 0 aliphatic rings. The Hall–Kier alpha value is -2.36. The number of benzene rings is 1. The van der Waals surface area contributed by atoms with Crippen LogP contribution in [0.3, 0.4) is 0 Å². The molecular weight excluding hydrogens is 252 g/mol. The number of hydrogen-bond acceptors (Lipinski definition) is 3. The summed E-state index contributed by atoms with van der Waals surface area (Å²) in [4.78, 5) is 16.4. The molecule has 104 valence electrons. The molecule has 0 spiro atoms. The molecule has 4 heteroatoms. The molecule has 4 nitrogen and oxygen atoms in total. The Balaban J connectivity index is 2.09. The van der Waals surface area contributed by atoms with Crippen LogP contribution in [0.25, 0.3) is 0 Å². The standard InChI is InChI=1S/C16H18N2O2/c1-3-12-5-4-8-17-15(12)10-18-16(20)14-7-6-13(19)9-11(14)2/h4-9,19H,3,10H2,1-2H3,(H,18,20). The van der Waals surface area contributed by atoms with Crippen molar-refractivity contribution in [2.24, 2.45) is 0 Å². The summed E-state index contributed by atoms with van der Waals surface area (Å²) in [6, 6.07) is 8.63. The molecule has 0 aliphatic carbocycles. The Labute approximate surface area is 118 Å². The second-order valence-electron chi connectivity index (χ2n) is 4.64. The van der Waals surface area contributed by atoms with Gasteiger partial charge in [-0.1, -0.05) is 13.0 Å². The van der Waals surface area contributed by atoms with Gasteiger partial charge < -0.3 is 10.4 Å². The molecule has 0 atom stereocenters. The van der Waals surface area contributed by atoms with Crippen molar-refractivity contribution in [2.75, 3.05) is 0 Å². The van der Waals surface area contributed by atoms with E-state index in [1.54, 1.807) is 25.3 Å². The SMILES string of the molecule is CCc1cccnc1CNC(=O)c1ccc(O)cc1C. The van der Waals surface area contributed by atoms with Gasteiger partial charge in [0.05, 0.1) is 12.2 Å². The van der Waals surface area contributed by atoms with Crippen molar-refractivity contribution < 1.29 is 9.90 Å². The van der Waals surface area contributed by atoms with Crippen LogP contribution >= 0.6 is 0 Å². The topological polar surface area (TPSA) is 62.2 Å². The number of rotatable bonds is 4. The van der Waals surface area contributed by atoms with Gasteiger partial charge in [-0.25, -0.2) is 0 Å². The Kier molecular flexibility index (Phi) is 4.35. The number of amides is 1. The quantitative estimate of drug-likeness (QED) is 0.897. The van der Waals surface area contributed by atoms with Gasteiger partial charge in [-0.05, 0) is 48.7 Å². The number of aryl methyl sites for hydroxylation is 2. The molecule has 1 aromatic heterocycles. The molecule has 0 radical (unpaired) electrons. The highest BCUT2D eigenvalue weighted by molar-refractivity contribution is 5.95. The first kappa shape index (κ1) is 14.1. The van der Waals surface area contributed by atoms with Gasteiger partial charge in [0.15, 0.2) is 0 Å². The summed E-state index contributed by atoms with van der Waals surface area (Å²) in [5, 5.41) is 12.2. The lowest BCUT2D eigenvalue weighted by molar-refractivity contribution is 0.0949. The molecule has 0 saturated heterocycles. The number of aromatic nitrogens is 1. The maximum atomic E-state index is 12.1. The van der Waals surface area contributed by atoms with Gasteiger partial charge in [-0.2, -0.15) is 0 Å². The zero-order valence-corrected chi connectivity index (χ0v) is 11.7. The maximum absolute atomic E-state index is 12.1. The van der Waals surface area contributed by atoms with Gasteiger partial charge in [0.1, 0.15) is 5.75 Å². The van der Waals surface area contributed by atoms with E-state index < -0.39 is 0 Å². The molecule has 2 N–H and O–H groups in total. The van der Waals surface area contributed by atoms with Crippen molar-refractivity contribution in [1.82, 2.24) is 10.3 Å². The normalized spacial score (nSPS) is 10.3. The summed E-state index contributed by atoms with van der Waals surface area (Å²) in [6.07, 6.45) is 2.61. The third-order valence-electron chi connectivity index (χ3n) is 3.24. The molecule has 2 rings (SSSR count). The molecule has 0 saturated carbocycles. The highest BCUT2D eigenvalue weighted by atomic mass is 16.3. The number of carbonyl (C=O) groups is 1. The second-order valence-corrected chi connectivity index (χ2v) is 4.64. The van der Waals surface area contributed by atoms with Crippen LogP contribution in [0.15, 0.2) is 36.5 Å². The summed E-state index contributed by atoms with van der Waals surface area (Å²) < 4.78 is 0. The number of aromatic hydroxyl groups is 1. The van der Waals surface area contributed by atoms with Crippen molar-refractivity contribution in [1.29, 1.82) is 0 Å². The molecule has 1 amide bonds. The highest BCUT2D eigenvalue weighted by Crippen LogP contribution is 2.15. The molecule has 1 heterocycles. The fraction of sp³-hybridized carbons (Fsp3) is 0.250. The van der Waals surface area contributed by atoms with Crippen molar-refractivity contribution in [3.05, 3.63) is 58.9 Å². The van der Waals surface area contributed by atoms with Crippen molar-refractivity contribution >= 4 is 5.91 Å². The van der Waals surface area contributed by atoms with Crippen LogP contribution in [0.4, 0.5) is 0 Å². The number of pyridine rings is 1. The smallest absolute Gasteiger partial charge is 0.251 e. The molecule has 1 aromatic carbocycles. The molecule has 0 bridgehead atoms. The molecule has 0 unspecified atom stereocenters. The Bertz CT molecular complexity index is 624. The predicted molar refractivity (Wildman–Crippen MR) is 77.6 cm³/mol. The van der Waals surface area contributed by atoms with Crippen molar-refractivity contribution in [3.63, 3.8) is 0 Å². The minimum absolute atomic E-state index is 0.157. The summed E-state index contributed by atoms with van der Waals surface area (Å²) in [5.41, 5.74) is 3.34. The predicted octanol–water partition coefficient (Wildman–Crippen LogP) is 2.59. The van der Waals surface area contributed by atoms with Crippen LogP contribution in [0.5, 0.6) is 5.75 Å². The summed E-state index contributed by atoms with van der Waals surface area (Å²) in [7, 11) is 0. The highest BCUT2D eigenvalue weighted by Gasteiger charge is 2.10. The van der Waals surface area contributed by atoms with E-state index in [1.165, 1.54) is 6.07 Å². The van der Waals surface area contributed by atoms with Gasteiger partial charge >= 0.3 is 0 Å². The van der Waals surface area contributed by atoms with E-state index in [-0.39, 0.29) is 11.7 Å². The van der Waals surface area contributed by atoms with Crippen LogP contribution in [-0.4, -0.2) is 16.0 Å². The zero-order valence-electron chi connectivity index (χ0n) is 11.7. The zero-order chi connectivity index (χ0) is 14.5. The van der Waals surface area contributed by atoms with E-state index in [0.29, 0.717) is 12.1 Å². The molecule has 0 fully saturated rings. The molecule has 2 aromatic rings. The van der Waals surface area contributed by atoms with Crippen LogP contribution in [0, 0.1) is 6.92 Å². The number of carbonyl (C=O) groups excluding carboxylic acids is 1. The van der Waals surface area contributed by atoms with E-state index in [1.807, 2.05) is 12.1 Å². The van der Waals surface area contributed by atoms with Gasteiger partial charge in [0.25, 0.3) is 5.91 Å². The third-order valence-corrected chi connectivity index (χ3v) is 3.24. The molecule has 0 aliphatic heterocycles. The van der Waals surface area contributed by atoms with E-state index in [4.69, 9.17) is 0 Å². The van der Waals surface area contributed by atoms with Crippen molar-refractivity contribution in [2.45, 2.75) is 26.8 Å². The third kappa shape index (κ3) is 3.15. The lowest BCUT2D eigenvalue weighted by Gasteiger charge is -2.10. The minimum atomic E-state index is -0.157. The number of phenolic OH excluding ortho intramolecular Hbond substituents is 1. The molecule has 20 heavy (non-hydrogen) atoms. The van der Waals surface area contributed by atoms with E-state index in [9.17, 15) is 9.90 Å². The average molecular weight is 270 g/mol.